The molecule has 0 N–H and O–H groups in total. The molecule has 0 aliphatic carbocycles. The lowest BCUT2D eigenvalue weighted by atomic mass is 10.1. The molecular formula is C10H13BrO2S. The second-order valence-electron chi connectivity index (χ2n) is 3.28. The SMILES string of the molecule is CC[C@@H](c1ccc(Br)cc1)S(C)(=O)=O. The summed E-state index contributed by atoms with van der Waals surface area (Å²) in [4.78, 5) is 0. The number of benzene rings is 1. The Bertz CT molecular complexity index is 395. The summed E-state index contributed by atoms with van der Waals surface area (Å²) in [5.41, 5.74) is 0.859. The summed E-state index contributed by atoms with van der Waals surface area (Å²) in [6, 6.07) is 7.42. The molecule has 0 saturated carbocycles. The summed E-state index contributed by atoms with van der Waals surface area (Å²) >= 11 is 3.32. The Kier molecular flexibility index (Phi) is 3.72. The standard InChI is InChI=1S/C10H13BrO2S/c1-3-10(14(2,12)13)8-4-6-9(11)7-5-8/h4-7,10H,3H2,1-2H3/t10-/m0/s1. The maximum Gasteiger partial charge on any atom is 0.154 e. The molecule has 14 heavy (non-hydrogen) atoms. The van der Waals surface area contributed by atoms with E-state index in [-0.39, 0.29) is 5.25 Å². The lowest BCUT2D eigenvalue weighted by molar-refractivity contribution is 0.585. The summed E-state index contributed by atoms with van der Waals surface area (Å²) in [6.07, 6.45) is 1.89. The molecule has 1 aromatic carbocycles. The van der Waals surface area contributed by atoms with Crippen LogP contribution in [0.2, 0.25) is 0 Å². The zero-order chi connectivity index (χ0) is 10.8. The van der Waals surface area contributed by atoms with E-state index in [0.717, 1.165) is 10.0 Å². The Balaban J connectivity index is 3.08. The quantitative estimate of drug-likeness (QED) is 0.851. The molecule has 2 nitrogen and oxygen atoms in total. The van der Waals surface area contributed by atoms with Crippen molar-refractivity contribution in [3.05, 3.63) is 34.3 Å². The maximum atomic E-state index is 11.4. The van der Waals surface area contributed by atoms with E-state index in [1.54, 1.807) is 0 Å². The van der Waals surface area contributed by atoms with Gasteiger partial charge in [-0.2, -0.15) is 0 Å². The average Bonchev–Trinajstić information content (AvgIpc) is 2.07. The molecule has 0 heterocycles. The highest BCUT2D eigenvalue weighted by atomic mass is 79.9. The fraction of sp³-hybridized carbons (Fsp3) is 0.400. The number of halogens is 1. The van der Waals surface area contributed by atoms with Gasteiger partial charge in [0, 0.05) is 10.7 Å². The van der Waals surface area contributed by atoms with E-state index in [1.807, 2.05) is 31.2 Å². The van der Waals surface area contributed by atoms with E-state index in [4.69, 9.17) is 0 Å². The van der Waals surface area contributed by atoms with Gasteiger partial charge in [-0.3, -0.25) is 0 Å². The normalized spacial score (nSPS) is 13.9. The summed E-state index contributed by atoms with van der Waals surface area (Å²) in [5, 5.41) is -0.379. The Hall–Kier alpha value is -0.350. The Morgan fingerprint density at radius 1 is 1.29 bits per heavy atom. The molecule has 0 spiro atoms. The smallest absolute Gasteiger partial charge is 0.154 e. The van der Waals surface area contributed by atoms with Crippen LogP contribution in [-0.4, -0.2) is 14.7 Å². The molecule has 0 aromatic heterocycles. The molecular weight excluding hydrogens is 264 g/mol. The Morgan fingerprint density at radius 3 is 2.14 bits per heavy atom. The van der Waals surface area contributed by atoms with Crippen LogP contribution in [0, 0.1) is 0 Å². The van der Waals surface area contributed by atoms with Gasteiger partial charge < -0.3 is 0 Å². The summed E-state index contributed by atoms with van der Waals surface area (Å²) < 4.78 is 23.8. The summed E-state index contributed by atoms with van der Waals surface area (Å²) in [5.74, 6) is 0. The molecule has 0 fully saturated rings. The molecule has 1 aromatic rings. The van der Waals surface area contributed by atoms with Crippen molar-refractivity contribution >= 4 is 25.8 Å². The number of hydrogen-bond acceptors (Lipinski definition) is 2. The lowest BCUT2D eigenvalue weighted by Crippen LogP contribution is -2.10. The summed E-state index contributed by atoms with van der Waals surface area (Å²) in [6.45, 7) is 1.88. The fourth-order valence-electron chi connectivity index (χ4n) is 1.46. The van der Waals surface area contributed by atoms with E-state index in [2.05, 4.69) is 15.9 Å². The molecule has 0 bridgehead atoms. The zero-order valence-electron chi connectivity index (χ0n) is 8.20. The number of sulfone groups is 1. The van der Waals surface area contributed by atoms with Crippen molar-refractivity contribution in [1.82, 2.24) is 0 Å². The Morgan fingerprint density at radius 2 is 1.79 bits per heavy atom. The molecule has 1 atom stereocenters. The van der Waals surface area contributed by atoms with Crippen LogP contribution < -0.4 is 0 Å². The van der Waals surface area contributed by atoms with Crippen molar-refractivity contribution < 1.29 is 8.42 Å². The minimum Gasteiger partial charge on any atom is -0.228 e. The fourth-order valence-corrected chi connectivity index (χ4v) is 2.98. The van der Waals surface area contributed by atoms with Crippen LogP contribution >= 0.6 is 15.9 Å². The van der Waals surface area contributed by atoms with Gasteiger partial charge in [0.25, 0.3) is 0 Å². The third-order valence-electron chi connectivity index (χ3n) is 2.13. The van der Waals surface area contributed by atoms with Gasteiger partial charge in [0.2, 0.25) is 0 Å². The van der Waals surface area contributed by atoms with Gasteiger partial charge in [-0.15, -0.1) is 0 Å². The minimum absolute atomic E-state index is 0.379. The van der Waals surface area contributed by atoms with Gasteiger partial charge in [0.1, 0.15) is 0 Å². The third-order valence-corrected chi connectivity index (χ3v) is 4.30. The first-order valence-corrected chi connectivity index (χ1v) is 7.14. The number of rotatable bonds is 3. The molecule has 0 saturated heterocycles. The van der Waals surface area contributed by atoms with Gasteiger partial charge in [0.15, 0.2) is 9.84 Å². The highest BCUT2D eigenvalue weighted by Gasteiger charge is 2.20. The minimum atomic E-state index is -3.00. The van der Waals surface area contributed by atoms with Crippen molar-refractivity contribution in [2.24, 2.45) is 0 Å². The van der Waals surface area contributed by atoms with Crippen molar-refractivity contribution in [3.8, 4) is 0 Å². The highest BCUT2D eigenvalue weighted by molar-refractivity contribution is 9.10. The van der Waals surface area contributed by atoms with Crippen molar-refractivity contribution in [3.63, 3.8) is 0 Å². The second kappa shape index (κ2) is 4.45. The topological polar surface area (TPSA) is 34.1 Å². The largest absolute Gasteiger partial charge is 0.228 e. The van der Waals surface area contributed by atoms with Crippen LogP contribution in [0.15, 0.2) is 28.7 Å². The molecule has 78 valence electrons. The molecule has 0 aliphatic heterocycles. The van der Waals surface area contributed by atoms with Gasteiger partial charge in [-0.25, -0.2) is 8.42 Å². The van der Waals surface area contributed by atoms with Crippen LogP contribution in [0.3, 0.4) is 0 Å². The predicted molar refractivity (Wildman–Crippen MR) is 62.0 cm³/mol. The van der Waals surface area contributed by atoms with Gasteiger partial charge >= 0.3 is 0 Å². The van der Waals surface area contributed by atoms with Crippen LogP contribution in [0.5, 0.6) is 0 Å². The van der Waals surface area contributed by atoms with Gasteiger partial charge in [-0.05, 0) is 24.1 Å². The molecule has 4 heteroatoms. The highest BCUT2D eigenvalue weighted by Crippen LogP contribution is 2.26. The molecule has 1 rings (SSSR count). The average molecular weight is 277 g/mol. The summed E-state index contributed by atoms with van der Waals surface area (Å²) in [7, 11) is -3.00. The van der Waals surface area contributed by atoms with Crippen molar-refractivity contribution in [1.29, 1.82) is 0 Å². The molecule has 0 radical (unpaired) electrons. The Labute approximate surface area is 93.4 Å². The van der Waals surface area contributed by atoms with Crippen LogP contribution in [0.1, 0.15) is 24.2 Å². The molecule has 0 aliphatic rings. The zero-order valence-corrected chi connectivity index (χ0v) is 10.6. The predicted octanol–water partition coefficient (Wildman–Crippen LogP) is 2.94. The van der Waals surface area contributed by atoms with Crippen LogP contribution in [0.25, 0.3) is 0 Å². The van der Waals surface area contributed by atoms with Gasteiger partial charge in [0.05, 0.1) is 5.25 Å². The van der Waals surface area contributed by atoms with E-state index in [1.165, 1.54) is 6.26 Å². The third kappa shape index (κ3) is 2.82. The van der Waals surface area contributed by atoms with Crippen LogP contribution in [-0.2, 0) is 9.84 Å². The first-order chi connectivity index (χ1) is 6.45. The second-order valence-corrected chi connectivity index (χ2v) is 6.42. The van der Waals surface area contributed by atoms with Crippen molar-refractivity contribution in [2.45, 2.75) is 18.6 Å². The van der Waals surface area contributed by atoms with E-state index in [9.17, 15) is 8.42 Å². The monoisotopic (exact) mass is 276 g/mol. The molecule has 0 amide bonds. The lowest BCUT2D eigenvalue weighted by Gasteiger charge is -2.12. The van der Waals surface area contributed by atoms with E-state index in [0.29, 0.717) is 6.42 Å². The van der Waals surface area contributed by atoms with Crippen LogP contribution in [0.4, 0.5) is 0 Å². The number of hydrogen-bond donors (Lipinski definition) is 0. The first-order valence-electron chi connectivity index (χ1n) is 4.39. The van der Waals surface area contributed by atoms with Crippen molar-refractivity contribution in [2.75, 3.05) is 6.26 Å². The van der Waals surface area contributed by atoms with Gasteiger partial charge in [-0.1, -0.05) is 35.0 Å². The first kappa shape index (κ1) is 11.7. The van der Waals surface area contributed by atoms with E-state index < -0.39 is 9.84 Å². The van der Waals surface area contributed by atoms with E-state index >= 15 is 0 Å². The maximum absolute atomic E-state index is 11.4. The molecule has 0 unspecified atom stereocenters.